The predicted molar refractivity (Wildman–Crippen MR) is 85.9 cm³/mol. The van der Waals surface area contributed by atoms with E-state index in [0.29, 0.717) is 11.5 Å². The van der Waals surface area contributed by atoms with E-state index in [-0.39, 0.29) is 18.0 Å². The second-order valence-corrected chi connectivity index (χ2v) is 8.55. The van der Waals surface area contributed by atoms with Gasteiger partial charge in [-0.3, -0.25) is 4.79 Å². The quantitative estimate of drug-likeness (QED) is 0.817. The van der Waals surface area contributed by atoms with Crippen molar-refractivity contribution in [2.24, 2.45) is 23.2 Å². The minimum absolute atomic E-state index is 0.0876. The van der Waals surface area contributed by atoms with Crippen LogP contribution in [0.3, 0.4) is 0 Å². The molecule has 3 heteroatoms. The molecular formula is C18H32N2O. The van der Waals surface area contributed by atoms with Gasteiger partial charge in [-0.1, -0.05) is 0 Å². The Morgan fingerprint density at radius 3 is 1.86 bits per heavy atom. The first-order chi connectivity index (χ1) is 9.88. The van der Waals surface area contributed by atoms with Crippen molar-refractivity contribution < 1.29 is 4.79 Å². The van der Waals surface area contributed by atoms with Gasteiger partial charge in [0.1, 0.15) is 0 Å². The molecule has 4 rings (SSSR count). The summed E-state index contributed by atoms with van der Waals surface area (Å²) in [5.41, 5.74) is 0.473. The summed E-state index contributed by atoms with van der Waals surface area (Å²) < 4.78 is 0. The number of amides is 1. The lowest BCUT2D eigenvalue weighted by Gasteiger charge is -2.59. The second kappa shape index (κ2) is 5.57. The molecule has 3 nitrogen and oxygen atoms in total. The van der Waals surface area contributed by atoms with Gasteiger partial charge in [0.15, 0.2) is 0 Å². The molecule has 0 aromatic heterocycles. The van der Waals surface area contributed by atoms with Crippen LogP contribution in [0, 0.1) is 23.2 Å². The van der Waals surface area contributed by atoms with Gasteiger partial charge in [0.25, 0.3) is 0 Å². The Bertz CT molecular complexity index is 369. The summed E-state index contributed by atoms with van der Waals surface area (Å²) in [6.45, 7) is 8.38. The van der Waals surface area contributed by atoms with Crippen molar-refractivity contribution in [3.8, 4) is 0 Å². The third kappa shape index (κ3) is 2.99. The van der Waals surface area contributed by atoms with Gasteiger partial charge in [-0.15, -0.1) is 0 Å². The Morgan fingerprint density at radius 2 is 1.43 bits per heavy atom. The summed E-state index contributed by atoms with van der Waals surface area (Å²) in [5.74, 6) is 3.06. The van der Waals surface area contributed by atoms with Crippen LogP contribution in [0.5, 0.6) is 0 Å². The minimum atomic E-state index is -0.0876. The number of nitrogens with one attached hydrogen (secondary N) is 2. The van der Waals surface area contributed by atoms with Crippen LogP contribution in [0.4, 0.5) is 0 Å². The lowest BCUT2D eigenvalue weighted by molar-refractivity contribution is -0.124. The fraction of sp³-hybridized carbons (Fsp3) is 0.944. The molecule has 0 radical (unpaired) electrons. The highest BCUT2D eigenvalue weighted by atomic mass is 16.2. The molecule has 4 aliphatic rings. The summed E-state index contributed by atoms with van der Waals surface area (Å²) in [7, 11) is 0. The maximum absolute atomic E-state index is 12.1. The number of carbonyl (C=O) groups excluding carboxylic acids is 1. The zero-order valence-electron chi connectivity index (χ0n) is 14.1. The molecule has 0 heterocycles. The van der Waals surface area contributed by atoms with Gasteiger partial charge >= 0.3 is 0 Å². The van der Waals surface area contributed by atoms with Crippen molar-refractivity contribution in [1.82, 2.24) is 10.6 Å². The molecular weight excluding hydrogens is 260 g/mol. The number of rotatable bonds is 5. The molecule has 0 aliphatic heterocycles. The van der Waals surface area contributed by atoms with E-state index in [1.165, 1.54) is 38.5 Å². The minimum Gasteiger partial charge on any atom is -0.353 e. The van der Waals surface area contributed by atoms with Gasteiger partial charge in [0, 0.05) is 12.1 Å². The maximum Gasteiger partial charge on any atom is 0.237 e. The van der Waals surface area contributed by atoms with Crippen LogP contribution in [0.15, 0.2) is 0 Å². The van der Waals surface area contributed by atoms with Gasteiger partial charge < -0.3 is 10.6 Å². The SMILES string of the molecule is CC(C)NC(=O)C(C)NC(C)C12CC3CC(CC(C3)C1)C2. The number of carbonyl (C=O) groups is 1. The highest BCUT2D eigenvalue weighted by Crippen LogP contribution is 2.61. The average molecular weight is 292 g/mol. The van der Waals surface area contributed by atoms with E-state index in [1.807, 2.05) is 20.8 Å². The van der Waals surface area contributed by atoms with Crippen LogP contribution >= 0.6 is 0 Å². The first-order valence-electron chi connectivity index (χ1n) is 8.94. The smallest absolute Gasteiger partial charge is 0.237 e. The van der Waals surface area contributed by atoms with Crippen LogP contribution < -0.4 is 10.6 Å². The highest BCUT2D eigenvalue weighted by molar-refractivity contribution is 5.81. The van der Waals surface area contributed by atoms with Gasteiger partial charge in [-0.05, 0) is 89.4 Å². The Kier molecular flexibility index (Phi) is 4.06. The Hall–Kier alpha value is -0.570. The van der Waals surface area contributed by atoms with E-state index in [0.717, 1.165) is 17.8 Å². The largest absolute Gasteiger partial charge is 0.353 e. The van der Waals surface area contributed by atoms with Crippen molar-refractivity contribution >= 4 is 5.91 Å². The standard InChI is InChI=1S/C18H32N2O/c1-11(2)19-17(21)12(3)20-13(4)18-8-14-5-15(9-18)7-16(6-14)10-18/h11-16,20H,5-10H2,1-4H3,(H,19,21). The number of hydrogen-bond donors (Lipinski definition) is 2. The molecule has 2 atom stereocenters. The predicted octanol–water partition coefficient (Wildman–Crippen LogP) is 3.09. The molecule has 2 unspecified atom stereocenters. The topological polar surface area (TPSA) is 41.1 Å². The molecule has 2 N–H and O–H groups in total. The lowest BCUT2D eigenvalue weighted by Crippen LogP contribution is -2.58. The monoisotopic (exact) mass is 292 g/mol. The molecule has 0 aromatic carbocycles. The summed E-state index contributed by atoms with van der Waals surface area (Å²) in [5, 5.41) is 6.65. The molecule has 0 spiro atoms. The van der Waals surface area contributed by atoms with Crippen LogP contribution in [-0.4, -0.2) is 24.0 Å². The highest BCUT2D eigenvalue weighted by Gasteiger charge is 2.53. The zero-order chi connectivity index (χ0) is 15.2. The van der Waals surface area contributed by atoms with Crippen molar-refractivity contribution in [1.29, 1.82) is 0 Å². The third-order valence-electron chi connectivity index (χ3n) is 6.33. The van der Waals surface area contributed by atoms with E-state index in [1.54, 1.807) is 0 Å². The van der Waals surface area contributed by atoms with Gasteiger partial charge in [-0.2, -0.15) is 0 Å². The molecule has 120 valence electrons. The third-order valence-corrected chi connectivity index (χ3v) is 6.33. The van der Waals surface area contributed by atoms with Gasteiger partial charge in [0.05, 0.1) is 6.04 Å². The van der Waals surface area contributed by atoms with E-state index < -0.39 is 0 Å². The van der Waals surface area contributed by atoms with Crippen LogP contribution in [0.25, 0.3) is 0 Å². The van der Waals surface area contributed by atoms with Crippen molar-refractivity contribution in [2.75, 3.05) is 0 Å². The van der Waals surface area contributed by atoms with E-state index in [9.17, 15) is 4.79 Å². The lowest BCUT2D eigenvalue weighted by atomic mass is 9.48. The zero-order valence-corrected chi connectivity index (χ0v) is 14.1. The molecule has 4 bridgehead atoms. The molecule has 0 aromatic rings. The first kappa shape index (κ1) is 15.3. The fourth-order valence-electron chi connectivity index (χ4n) is 5.74. The van der Waals surface area contributed by atoms with Crippen molar-refractivity contribution in [3.05, 3.63) is 0 Å². The molecule has 4 saturated carbocycles. The normalized spacial score (nSPS) is 40.3. The van der Waals surface area contributed by atoms with E-state index >= 15 is 0 Å². The molecule has 0 saturated heterocycles. The van der Waals surface area contributed by atoms with E-state index in [2.05, 4.69) is 17.6 Å². The molecule has 1 amide bonds. The Balaban J connectivity index is 1.62. The Morgan fingerprint density at radius 1 is 0.952 bits per heavy atom. The van der Waals surface area contributed by atoms with Crippen molar-refractivity contribution in [3.63, 3.8) is 0 Å². The molecule has 21 heavy (non-hydrogen) atoms. The van der Waals surface area contributed by atoms with Gasteiger partial charge in [-0.25, -0.2) is 0 Å². The second-order valence-electron chi connectivity index (χ2n) is 8.55. The summed E-state index contributed by atoms with van der Waals surface area (Å²) in [4.78, 5) is 12.1. The maximum atomic E-state index is 12.1. The summed E-state index contributed by atoms with van der Waals surface area (Å²) in [6, 6.07) is 0.589. The van der Waals surface area contributed by atoms with E-state index in [4.69, 9.17) is 0 Å². The van der Waals surface area contributed by atoms with Crippen LogP contribution in [0.1, 0.15) is 66.2 Å². The molecule has 4 aliphatic carbocycles. The first-order valence-corrected chi connectivity index (χ1v) is 8.94. The summed E-state index contributed by atoms with van der Waals surface area (Å²) >= 11 is 0. The van der Waals surface area contributed by atoms with Crippen LogP contribution in [-0.2, 0) is 4.79 Å². The van der Waals surface area contributed by atoms with Gasteiger partial charge in [0.2, 0.25) is 5.91 Å². The number of hydrogen-bond acceptors (Lipinski definition) is 2. The summed E-state index contributed by atoms with van der Waals surface area (Å²) in [6.07, 6.45) is 8.63. The van der Waals surface area contributed by atoms with Crippen LogP contribution in [0.2, 0.25) is 0 Å². The van der Waals surface area contributed by atoms with Crippen molar-refractivity contribution in [2.45, 2.75) is 84.3 Å². The average Bonchev–Trinajstić information content (AvgIpc) is 2.35. The fourth-order valence-corrected chi connectivity index (χ4v) is 5.74. The Labute approximate surface area is 129 Å². The molecule has 4 fully saturated rings.